The van der Waals surface area contributed by atoms with Crippen molar-refractivity contribution in [1.29, 1.82) is 0 Å². The van der Waals surface area contributed by atoms with Gasteiger partial charge in [-0.1, -0.05) is 74.5 Å². The van der Waals surface area contributed by atoms with Crippen molar-refractivity contribution in [3.8, 4) is 0 Å². The van der Waals surface area contributed by atoms with Crippen molar-refractivity contribution in [2.24, 2.45) is 0 Å². The van der Waals surface area contributed by atoms with Gasteiger partial charge in [0.2, 0.25) is 0 Å². The molecule has 0 saturated carbocycles. The molecule has 0 unspecified atom stereocenters. The van der Waals surface area contributed by atoms with Crippen LogP contribution in [0.4, 0.5) is 0 Å². The molecule has 1 heterocycles. The molecule has 3 nitrogen and oxygen atoms in total. The number of imidazole rings is 1. The molecule has 0 bridgehead atoms. The first kappa shape index (κ1) is 16.5. The Balaban J connectivity index is 2.04. The molecule has 3 heteroatoms. The van der Waals surface area contributed by atoms with Gasteiger partial charge in [0.1, 0.15) is 12.4 Å². The third-order valence-electron chi connectivity index (χ3n) is 4.27. The fraction of sp³-hybridized carbons (Fsp3) is 0.286. The molecule has 24 heavy (non-hydrogen) atoms. The zero-order chi connectivity index (χ0) is 16.9. The van der Waals surface area contributed by atoms with Crippen LogP contribution < -0.4 is 0 Å². The fourth-order valence-electron chi connectivity index (χ4n) is 3.07. The summed E-state index contributed by atoms with van der Waals surface area (Å²) in [5, 5.41) is 9.80. The van der Waals surface area contributed by atoms with Crippen LogP contribution >= 0.6 is 0 Å². The second-order valence-electron chi connectivity index (χ2n) is 6.41. The molecule has 0 aliphatic carbocycles. The number of benzene rings is 2. The van der Waals surface area contributed by atoms with Crippen molar-refractivity contribution in [3.05, 3.63) is 89.0 Å². The van der Waals surface area contributed by atoms with Crippen molar-refractivity contribution in [2.45, 2.75) is 39.3 Å². The Kier molecular flexibility index (Phi) is 5.11. The average molecular weight is 320 g/mol. The second-order valence-corrected chi connectivity index (χ2v) is 6.41. The summed E-state index contributed by atoms with van der Waals surface area (Å²) in [4.78, 5) is 4.73. The van der Waals surface area contributed by atoms with E-state index >= 15 is 0 Å². The Morgan fingerprint density at radius 3 is 2.04 bits per heavy atom. The topological polar surface area (TPSA) is 38.1 Å². The lowest BCUT2D eigenvalue weighted by molar-refractivity contribution is 0.265. The van der Waals surface area contributed by atoms with Gasteiger partial charge in [-0.2, -0.15) is 0 Å². The van der Waals surface area contributed by atoms with E-state index in [9.17, 15) is 5.11 Å². The molecule has 2 aromatic carbocycles. The summed E-state index contributed by atoms with van der Waals surface area (Å²) >= 11 is 0. The van der Waals surface area contributed by atoms with Gasteiger partial charge < -0.3 is 9.67 Å². The van der Waals surface area contributed by atoms with Gasteiger partial charge in [-0.05, 0) is 17.0 Å². The molecule has 0 aliphatic heterocycles. The lowest BCUT2D eigenvalue weighted by atomic mass is 10.0. The van der Waals surface area contributed by atoms with E-state index in [0.29, 0.717) is 5.92 Å². The Morgan fingerprint density at radius 2 is 1.50 bits per heavy atom. The minimum absolute atomic E-state index is 0.0403. The normalized spacial score (nSPS) is 11.2. The first-order valence-electron chi connectivity index (χ1n) is 8.46. The molecular weight excluding hydrogens is 296 g/mol. The lowest BCUT2D eigenvalue weighted by Gasteiger charge is -2.13. The zero-order valence-corrected chi connectivity index (χ0v) is 14.3. The number of hydrogen-bond acceptors (Lipinski definition) is 2. The quantitative estimate of drug-likeness (QED) is 0.741. The van der Waals surface area contributed by atoms with Crippen molar-refractivity contribution >= 4 is 0 Å². The van der Waals surface area contributed by atoms with Crippen molar-refractivity contribution in [3.63, 3.8) is 0 Å². The van der Waals surface area contributed by atoms with Gasteiger partial charge in [-0.3, -0.25) is 0 Å². The number of aliphatic hydroxyl groups excluding tert-OH is 1. The fourth-order valence-corrected chi connectivity index (χ4v) is 3.07. The van der Waals surface area contributed by atoms with Crippen LogP contribution in [0.15, 0.2) is 60.7 Å². The van der Waals surface area contributed by atoms with E-state index in [1.807, 2.05) is 24.3 Å². The van der Waals surface area contributed by atoms with E-state index < -0.39 is 0 Å². The molecule has 0 aliphatic rings. The number of aliphatic hydroxyl groups is 1. The predicted molar refractivity (Wildman–Crippen MR) is 97.0 cm³/mol. The van der Waals surface area contributed by atoms with Crippen LogP contribution in [0.25, 0.3) is 0 Å². The molecule has 0 fully saturated rings. The first-order valence-corrected chi connectivity index (χ1v) is 8.46. The predicted octanol–water partition coefficient (Wildman–Crippen LogP) is 4.14. The Hall–Kier alpha value is -2.39. The van der Waals surface area contributed by atoms with Crippen LogP contribution in [0.2, 0.25) is 0 Å². The van der Waals surface area contributed by atoms with E-state index in [2.05, 4.69) is 54.8 Å². The van der Waals surface area contributed by atoms with Crippen LogP contribution in [-0.4, -0.2) is 14.7 Å². The number of hydrogen-bond donors (Lipinski definition) is 1. The van der Waals surface area contributed by atoms with Gasteiger partial charge in [0.05, 0.1) is 5.69 Å². The van der Waals surface area contributed by atoms with Crippen molar-refractivity contribution < 1.29 is 5.11 Å². The number of nitrogens with zero attached hydrogens (tertiary/aromatic N) is 2. The average Bonchev–Trinajstić information content (AvgIpc) is 2.94. The Bertz CT molecular complexity index is 776. The highest BCUT2D eigenvalue weighted by molar-refractivity contribution is 5.30. The largest absolute Gasteiger partial charge is 0.388 e. The third kappa shape index (κ3) is 3.57. The summed E-state index contributed by atoms with van der Waals surface area (Å²) in [6.45, 7) is 5.01. The van der Waals surface area contributed by atoms with Crippen LogP contribution in [0.5, 0.6) is 0 Å². The monoisotopic (exact) mass is 320 g/mol. The van der Waals surface area contributed by atoms with Gasteiger partial charge >= 0.3 is 0 Å². The molecule has 3 rings (SSSR count). The van der Waals surface area contributed by atoms with E-state index in [0.717, 1.165) is 24.5 Å². The minimum atomic E-state index is -0.0403. The maximum absolute atomic E-state index is 9.80. The van der Waals surface area contributed by atoms with Crippen LogP contribution in [0.1, 0.15) is 48.1 Å². The highest BCUT2D eigenvalue weighted by Gasteiger charge is 2.19. The summed E-state index contributed by atoms with van der Waals surface area (Å²) in [5.74, 6) is 1.07. The highest BCUT2D eigenvalue weighted by atomic mass is 16.3. The standard InChI is InChI=1S/C21H24N2O/c1-16(2)21-19(13-17-9-5-3-6-10-17)23(20(15-24)22-21)14-18-11-7-4-8-12-18/h3-12,16,24H,13-15H2,1-2H3. The Labute approximate surface area is 143 Å². The van der Waals surface area contributed by atoms with E-state index in [-0.39, 0.29) is 6.61 Å². The second kappa shape index (κ2) is 7.45. The van der Waals surface area contributed by atoms with Gasteiger partial charge in [0, 0.05) is 18.7 Å². The smallest absolute Gasteiger partial charge is 0.135 e. The van der Waals surface area contributed by atoms with Crippen LogP contribution in [-0.2, 0) is 19.6 Å². The molecule has 1 aromatic heterocycles. The van der Waals surface area contributed by atoms with E-state index in [1.54, 1.807) is 0 Å². The molecule has 124 valence electrons. The van der Waals surface area contributed by atoms with Crippen molar-refractivity contribution in [2.75, 3.05) is 0 Å². The number of aromatic nitrogens is 2. The molecule has 0 radical (unpaired) electrons. The molecule has 3 aromatic rings. The van der Waals surface area contributed by atoms with E-state index in [1.165, 1.54) is 16.8 Å². The molecule has 0 spiro atoms. The van der Waals surface area contributed by atoms with Crippen LogP contribution in [0.3, 0.4) is 0 Å². The molecule has 0 saturated heterocycles. The zero-order valence-electron chi connectivity index (χ0n) is 14.3. The maximum atomic E-state index is 9.80. The summed E-state index contributed by atoms with van der Waals surface area (Å²) in [6, 6.07) is 20.8. The summed E-state index contributed by atoms with van der Waals surface area (Å²) in [5.41, 5.74) is 4.76. The first-order chi connectivity index (χ1) is 11.7. The van der Waals surface area contributed by atoms with E-state index in [4.69, 9.17) is 4.98 Å². The van der Waals surface area contributed by atoms with Gasteiger partial charge in [-0.15, -0.1) is 0 Å². The summed E-state index contributed by atoms with van der Waals surface area (Å²) < 4.78 is 2.18. The minimum Gasteiger partial charge on any atom is -0.388 e. The molecule has 0 atom stereocenters. The third-order valence-corrected chi connectivity index (χ3v) is 4.27. The summed E-state index contributed by atoms with van der Waals surface area (Å²) in [7, 11) is 0. The van der Waals surface area contributed by atoms with Crippen molar-refractivity contribution in [1.82, 2.24) is 9.55 Å². The summed E-state index contributed by atoms with van der Waals surface area (Å²) in [6.07, 6.45) is 0.828. The molecular formula is C21H24N2O. The van der Waals surface area contributed by atoms with Gasteiger partial charge in [-0.25, -0.2) is 4.98 Å². The Morgan fingerprint density at radius 1 is 0.917 bits per heavy atom. The number of rotatable bonds is 6. The van der Waals surface area contributed by atoms with Crippen LogP contribution in [0, 0.1) is 0 Å². The SMILES string of the molecule is CC(C)c1nc(CO)n(Cc2ccccc2)c1Cc1ccccc1. The maximum Gasteiger partial charge on any atom is 0.135 e. The lowest BCUT2D eigenvalue weighted by Crippen LogP contribution is -2.10. The van der Waals surface area contributed by atoms with Gasteiger partial charge in [0.25, 0.3) is 0 Å². The molecule has 1 N–H and O–H groups in total. The highest BCUT2D eigenvalue weighted by Crippen LogP contribution is 2.24. The molecule has 0 amide bonds. The van der Waals surface area contributed by atoms with Gasteiger partial charge in [0.15, 0.2) is 0 Å².